The lowest BCUT2D eigenvalue weighted by molar-refractivity contribution is 0.661. The van der Waals surface area contributed by atoms with E-state index in [9.17, 15) is 0 Å². The third kappa shape index (κ3) is 3.30. The second-order valence-electron chi connectivity index (χ2n) is 13.4. The van der Waals surface area contributed by atoms with Crippen LogP contribution in [0.15, 0.2) is 132 Å². The quantitative estimate of drug-likeness (QED) is 0.192. The molecule has 0 fully saturated rings. The van der Waals surface area contributed by atoms with Gasteiger partial charge in [0.15, 0.2) is 0 Å². The van der Waals surface area contributed by atoms with E-state index in [0.29, 0.717) is 0 Å². The molecule has 0 saturated carbocycles. The Balaban J connectivity index is 1.28. The minimum absolute atomic E-state index is 0.122. The van der Waals surface area contributed by atoms with Crippen LogP contribution in [0.1, 0.15) is 25.0 Å². The molecule has 1 aliphatic carbocycles. The number of fused-ring (bicyclic) bond motifs is 10. The van der Waals surface area contributed by atoms with Gasteiger partial charge >= 0.3 is 0 Å². The van der Waals surface area contributed by atoms with Crippen LogP contribution in [-0.4, -0.2) is 8.07 Å². The first-order chi connectivity index (χ1) is 21.4. The summed E-state index contributed by atoms with van der Waals surface area (Å²) in [6, 6.07) is 46.8. The number of rotatable bonds is 3. The van der Waals surface area contributed by atoms with Crippen molar-refractivity contribution in [1.82, 2.24) is 0 Å². The second kappa shape index (κ2) is 8.84. The number of hydrogen-bond donors (Lipinski definition) is 0. The number of hydrogen-bond acceptors (Lipinski definition) is 2. The molecule has 0 spiro atoms. The van der Waals surface area contributed by atoms with Crippen molar-refractivity contribution < 1.29 is 4.42 Å². The second-order valence-corrected chi connectivity index (χ2v) is 17.7. The highest BCUT2D eigenvalue weighted by molar-refractivity contribution is 7.04. The summed E-state index contributed by atoms with van der Waals surface area (Å²) in [5.41, 5.74) is 13.5. The van der Waals surface area contributed by atoms with E-state index >= 15 is 0 Å². The lowest BCUT2D eigenvalue weighted by atomic mass is 9.81. The molecule has 3 heteroatoms. The van der Waals surface area contributed by atoms with Gasteiger partial charge in [0.2, 0.25) is 0 Å². The van der Waals surface area contributed by atoms with Gasteiger partial charge in [0.05, 0.1) is 5.69 Å². The largest absolute Gasteiger partial charge is 0.455 e. The molecule has 212 valence electrons. The highest BCUT2D eigenvalue weighted by Gasteiger charge is 2.41. The van der Waals surface area contributed by atoms with E-state index in [2.05, 4.69) is 159 Å². The molecule has 0 unspecified atom stereocenters. The summed E-state index contributed by atoms with van der Waals surface area (Å²) < 4.78 is 6.58. The topological polar surface area (TPSA) is 16.4 Å². The van der Waals surface area contributed by atoms with Gasteiger partial charge in [0, 0.05) is 33.1 Å². The highest BCUT2D eigenvalue weighted by Crippen LogP contribution is 2.54. The molecule has 7 aromatic rings. The summed E-state index contributed by atoms with van der Waals surface area (Å²) in [5.74, 6) is 0. The van der Waals surface area contributed by atoms with Crippen molar-refractivity contribution in [3.05, 3.63) is 139 Å². The van der Waals surface area contributed by atoms with Gasteiger partial charge in [-0.3, -0.25) is 0 Å². The van der Waals surface area contributed by atoms with E-state index in [1.54, 1.807) is 0 Å². The zero-order chi connectivity index (χ0) is 29.8. The summed E-state index contributed by atoms with van der Waals surface area (Å²) in [6.07, 6.45) is 0. The van der Waals surface area contributed by atoms with Crippen LogP contribution in [-0.2, 0) is 5.41 Å². The van der Waals surface area contributed by atoms with Gasteiger partial charge in [0.1, 0.15) is 19.2 Å². The summed E-state index contributed by atoms with van der Waals surface area (Å²) in [5, 5.41) is 5.31. The fourth-order valence-electron chi connectivity index (χ4n) is 8.14. The summed E-state index contributed by atoms with van der Waals surface area (Å²) in [7, 11) is -2.01. The van der Waals surface area contributed by atoms with Crippen molar-refractivity contribution in [1.29, 1.82) is 0 Å². The monoisotopic (exact) mass is 583 g/mol. The average molecular weight is 584 g/mol. The van der Waals surface area contributed by atoms with Gasteiger partial charge in [-0.25, -0.2) is 0 Å². The van der Waals surface area contributed by atoms with Gasteiger partial charge in [-0.15, -0.1) is 0 Å². The van der Waals surface area contributed by atoms with E-state index in [0.717, 1.165) is 11.2 Å². The van der Waals surface area contributed by atoms with Crippen LogP contribution < -0.4 is 15.3 Å². The van der Waals surface area contributed by atoms with E-state index < -0.39 is 8.07 Å². The number of furan rings is 1. The number of anilines is 3. The molecule has 2 aliphatic rings. The van der Waals surface area contributed by atoms with Gasteiger partial charge in [-0.1, -0.05) is 118 Å². The first-order valence-corrected chi connectivity index (χ1v) is 18.5. The molecule has 0 amide bonds. The molecular formula is C41H33NOSi. The van der Waals surface area contributed by atoms with Crippen LogP contribution in [0.3, 0.4) is 0 Å². The number of benzene rings is 6. The normalized spacial score (nSPS) is 15.2. The fraction of sp³-hybridized carbons (Fsp3) is 0.122. The Kier molecular flexibility index (Phi) is 5.15. The van der Waals surface area contributed by atoms with E-state index in [1.807, 2.05) is 0 Å². The Morgan fingerprint density at radius 1 is 0.591 bits per heavy atom. The molecule has 44 heavy (non-hydrogen) atoms. The summed E-state index contributed by atoms with van der Waals surface area (Å²) in [6.45, 7) is 9.72. The van der Waals surface area contributed by atoms with E-state index in [1.165, 1.54) is 71.6 Å². The van der Waals surface area contributed by atoms with Gasteiger partial charge in [-0.05, 0) is 74.6 Å². The van der Waals surface area contributed by atoms with E-state index in [-0.39, 0.29) is 5.41 Å². The van der Waals surface area contributed by atoms with Gasteiger partial charge < -0.3 is 9.32 Å². The molecule has 2 heterocycles. The highest BCUT2D eigenvalue weighted by atomic mass is 28.3. The summed E-state index contributed by atoms with van der Waals surface area (Å²) >= 11 is 0. The van der Waals surface area contributed by atoms with Crippen molar-refractivity contribution in [2.75, 3.05) is 4.90 Å². The SMILES string of the molecule is CC1(C)c2ccccc2-c2cccc(N(c3ccccc3)c3ccc4c(c3)[Si](C)(C)c3ccc5c(oc6ccccc65)c3-4)c21. The zero-order valence-corrected chi connectivity index (χ0v) is 26.5. The molecule has 2 nitrogen and oxygen atoms in total. The first kappa shape index (κ1) is 25.6. The molecule has 0 atom stereocenters. The Morgan fingerprint density at radius 3 is 2.20 bits per heavy atom. The van der Waals surface area contributed by atoms with Crippen LogP contribution in [0.25, 0.3) is 44.2 Å². The standard InChI is InChI=1S/C41H33NOSi/c1-41(2)33-18-10-8-15-28(33)30-17-12-19-34(39(30)41)42(26-13-6-5-7-14-26)27-21-22-32-37(25-27)44(3,4)36-24-23-31-29-16-9-11-20-35(29)43-40(31)38(32)36/h5-25H,1-4H3. The Labute approximate surface area is 259 Å². The Hall–Kier alpha value is -4.86. The molecule has 1 aliphatic heterocycles. The molecular weight excluding hydrogens is 551 g/mol. The first-order valence-electron chi connectivity index (χ1n) is 15.5. The zero-order valence-electron chi connectivity index (χ0n) is 25.5. The number of para-hydroxylation sites is 2. The maximum Gasteiger partial charge on any atom is 0.143 e. The molecule has 0 radical (unpaired) electrons. The molecule has 0 bridgehead atoms. The van der Waals surface area contributed by atoms with E-state index in [4.69, 9.17) is 4.42 Å². The predicted molar refractivity (Wildman–Crippen MR) is 188 cm³/mol. The maximum atomic E-state index is 6.58. The van der Waals surface area contributed by atoms with Crippen molar-refractivity contribution in [3.8, 4) is 22.3 Å². The predicted octanol–water partition coefficient (Wildman–Crippen LogP) is 10.2. The third-order valence-corrected chi connectivity index (χ3v) is 13.8. The fourth-order valence-corrected chi connectivity index (χ4v) is 11.2. The molecule has 0 saturated heterocycles. The number of nitrogens with zero attached hydrogens (tertiary/aromatic N) is 1. The van der Waals surface area contributed by atoms with Crippen LogP contribution >= 0.6 is 0 Å². The maximum absolute atomic E-state index is 6.58. The smallest absolute Gasteiger partial charge is 0.143 e. The average Bonchev–Trinajstić information content (AvgIpc) is 3.62. The molecule has 6 aromatic carbocycles. The minimum Gasteiger partial charge on any atom is -0.455 e. The lowest BCUT2D eigenvalue weighted by Gasteiger charge is -2.33. The molecule has 0 N–H and O–H groups in total. The molecule has 1 aromatic heterocycles. The van der Waals surface area contributed by atoms with Crippen molar-refractivity contribution >= 4 is 57.4 Å². The van der Waals surface area contributed by atoms with Crippen LogP contribution in [0, 0.1) is 0 Å². The van der Waals surface area contributed by atoms with Crippen molar-refractivity contribution in [2.45, 2.75) is 32.4 Å². The summed E-state index contributed by atoms with van der Waals surface area (Å²) in [4.78, 5) is 2.48. The van der Waals surface area contributed by atoms with Gasteiger partial charge in [0.25, 0.3) is 0 Å². The van der Waals surface area contributed by atoms with Crippen LogP contribution in [0.2, 0.25) is 13.1 Å². The minimum atomic E-state index is -2.01. The van der Waals surface area contributed by atoms with Crippen molar-refractivity contribution in [2.24, 2.45) is 0 Å². The van der Waals surface area contributed by atoms with Crippen molar-refractivity contribution in [3.63, 3.8) is 0 Å². The Morgan fingerprint density at radius 2 is 1.34 bits per heavy atom. The van der Waals surface area contributed by atoms with Gasteiger partial charge in [-0.2, -0.15) is 0 Å². The molecule has 9 rings (SSSR count). The third-order valence-electron chi connectivity index (χ3n) is 10.2. The van der Waals surface area contributed by atoms with Crippen LogP contribution in [0.5, 0.6) is 0 Å². The van der Waals surface area contributed by atoms with Crippen LogP contribution in [0.4, 0.5) is 17.1 Å². The Bertz CT molecular complexity index is 2290. The lowest BCUT2D eigenvalue weighted by Crippen LogP contribution is -2.49.